The Morgan fingerprint density at radius 2 is 2.00 bits per heavy atom. The minimum Gasteiger partial charge on any atom is -0.389 e. The zero-order valence-electron chi connectivity index (χ0n) is 13.7. The van der Waals surface area contributed by atoms with Crippen molar-refractivity contribution in [3.05, 3.63) is 0 Å². The number of nitrogens with one attached hydrogen (secondary N) is 1. The molecule has 0 spiro atoms. The molecule has 0 heterocycles. The first kappa shape index (κ1) is 17.9. The molecule has 0 aromatic rings. The van der Waals surface area contributed by atoms with E-state index in [0.717, 1.165) is 12.5 Å². The van der Waals surface area contributed by atoms with E-state index in [4.69, 9.17) is 4.74 Å². The lowest BCUT2D eigenvalue weighted by Crippen LogP contribution is -2.33. The topological polar surface area (TPSA) is 41.5 Å². The summed E-state index contributed by atoms with van der Waals surface area (Å²) in [7, 11) is 0. The van der Waals surface area contributed by atoms with Crippen LogP contribution in [-0.2, 0) is 4.74 Å². The van der Waals surface area contributed by atoms with Crippen LogP contribution in [0.2, 0.25) is 0 Å². The second-order valence-electron chi connectivity index (χ2n) is 6.41. The molecule has 1 rings (SSSR count). The molecule has 1 fully saturated rings. The number of hydrogen-bond acceptors (Lipinski definition) is 3. The highest BCUT2D eigenvalue weighted by Gasteiger charge is 2.35. The fourth-order valence-corrected chi connectivity index (χ4v) is 2.80. The van der Waals surface area contributed by atoms with Gasteiger partial charge in [0.05, 0.1) is 12.7 Å². The summed E-state index contributed by atoms with van der Waals surface area (Å²) in [6.45, 7) is 8.64. The Kier molecular flexibility index (Phi) is 9.49. The molecule has 0 aliphatic heterocycles. The van der Waals surface area contributed by atoms with Crippen molar-refractivity contribution in [2.24, 2.45) is 11.8 Å². The molecular formula is C17H35NO2. The average Bonchev–Trinajstić information content (AvgIpc) is 3.19. The van der Waals surface area contributed by atoms with Crippen LogP contribution in [0.15, 0.2) is 0 Å². The summed E-state index contributed by atoms with van der Waals surface area (Å²) in [5, 5.41) is 13.4. The summed E-state index contributed by atoms with van der Waals surface area (Å²) in [4.78, 5) is 0. The van der Waals surface area contributed by atoms with E-state index in [1.165, 1.54) is 44.9 Å². The predicted octanol–water partition coefficient (Wildman–Crippen LogP) is 3.36. The van der Waals surface area contributed by atoms with E-state index >= 15 is 0 Å². The molecule has 1 saturated carbocycles. The molecule has 0 saturated heterocycles. The van der Waals surface area contributed by atoms with Gasteiger partial charge in [0, 0.05) is 19.2 Å². The summed E-state index contributed by atoms with van der Waals surface area (Å²) < 4.78 is 5.68. The zero-order chi connectivity index (χ0) is 14.8. The number of ether oxygens (including phenoxy) is 1. The summed E-state index contributed by atoms with van der Waals surface area (Å²) >= 11 is 0. The van der Waals surface area contributed by atoms with Crippen molar-refractivity contribution in [3.63, 3.8) is 0 Å². The van der Waals surface area contributed by atoms with Gasteiger partial charge in [-0.05, 0) is 31.1 Å². The van der Waals surface area contributed by atoms with Crippen LogP contribution in [0.25, 0.3) is 0 Å². The molecule has 0 bridgehead atoms. The first-order valence-electron chi connectivity index (χ1n) is 8.70. The average molecular weight is 285 g/mol. The zero-order valence-corrected chi connectivity index (χ0v) is 13.7. The maximum absolute atomic E-state index is 9.92. The highest BCUT2D eigenvalue weighted by Crippen LogP contribution is 2.34. The second-order valence-corrected chi connectivity index (χ2v) is 6.41. The smallest absolute Gasteiger partial charge is 0.0897 e. The molecule has 4 atom stereocenters. The molecule has 2 N–H and O–H groups in total. The quantitative estimate of drug-likeness (QED) is 0.545. The Hall–Kier alpha value is -0.120. The van der Waals surface area contributed by atoms with Gasteiger partial charge < -0.3 is 15.2 Å². The molecule has 0 aromatic carbocycles. The maximum Gasteiger partial charge on any atom is 0.0897 e. The van der Waals surface area contributed by atoms with Gasteiger partial charge in [-0.15, -0.1) is 0 Å². The lowest BCUT2D eigenvalue weighted by atomic mass is 10.0. The number of aliphatic hydroxyl groups is 1. The van der Waals surface area contributed by atoms with Crippen molar-refractivity contribution in [1.29, 1.82) is 0 Å². The Bertz CT molecular complexity index is 235. The van der Waals surface area contributed by atoms with Gasteiger partial charge in [-0.2, -0.15) is 0 Å². The lowest BCUT2D eigenvalue weighted by Gasteiger charge is -2.17. The third-order valence-electron chi connectivity index (χ3n) is 4.40. The Morgan fingerprint density at radius 1 is 1.20 bits per heavy atom. The molecule has 1 aliphatic carbocycles. The van der Waals surface area contributed by atoms with Gasteiger partial charge in [-0.3, -0.25) is 0 Å². The first-order valence-corrected chi connectivity index (χ1v) is 8.70. The van der Waals surface area contributed by atoms with Crippen molar-refractivity contribution >= 4 is 0 Å². The molecule has 3 heteroatoms. The maximum atomic E-state index is 9.92. The van der Waals surface area contributed by atoms with E-state index in [9.17, 15) is 5.11 Å². The third-order valence-corrected chi connectivity index (χ3v) is 4.40. The first-order chi connectivity index (χ1) is 9.71. The predicted molar refractivity (Wildman–Crippen MR) is 84.9 cm³/mol. The van der Waals surface area contributed by atoms with Crippen molar-refractivity contribution in [2.45, 2.75) is 77.9 Å². The van der Waals surface area contributed by atoms with Crippen LogP contribution in [0.5, 0.6) is 0 Å². The van der Waals surface area contributed by atoms with Gasteiger partial charge in [-0.25, -0.2) is 0 Å². The van der Waals surface area contributed by atoms with E-state index in [1.54, 1.807) is 0 Å². The second kappa shape index (κ2) is 10.6. The summed E-state index contributed by atoms with van der Waals surface area (Å²) in [6, 6.07) is 0.651. The lowest BCUT2D eigenvalue weighted by molar-refractivity contribution is 0.0191. The van der Waals surface area contributed by atoms with E-state index < -0.39 is 0 Å². The molecule has 3 nitrogen and oxygen atoms in total. The monoisotopic (exact) mass is 285 g/mol. The van der Waals surface area contributed by atoms with Gasteiger partial charge in [-0.1, -0.05) is 46.5 Å². The number of hydrogen-bond donors (Lipinski definition) is 2. The van der Waals surface area contributed by atoms with E-state index in [0.29, 0.717) is 25.1 Å². The highest BCUT2D eigenvalue weighted by molar-refractivity contribution is 4.92. The third kappa shape index (κ3) is 7.61. The van der Waals surface area contributed by atoms with Gasteiger partial charge in [0.15, 0.2) is 0 Å². The number of aliphatic hydroxyl groups excluding tert-OH is 1. The van der Waals surface area contributed by atoms with Gasteiger partial charge in [0.25, 0.3) is 0 Å². The van der Waals surface area contributed by atoms with Gasteiger partial charge in [0.1, 0.15) is 0 Å². The van der Waals surface area contributed by atoms with Crippen LogP contribution in [0, 0.1) is 11.8 Å². The molecule has 20 heavy (non-hydrogen) atoms. The normalized spacial score (nSPS) is 24.6. The summed E-state index contributed by atoms with van der Waals surface area (Å²) in [5.41, 5.74) is 0. The Morgan fingerprint density at radius 3 is 2.65 bits per heavy atom. The number of unbranched alkanes of at least 4 members (excludes halogenated alkanes) is 1. The molecule has 0 amide bonds. The minimum atomic E-state index is -0.360. The van der Waals surface area contributed by atoms with Crippen LogP contribution in [0.1, 0.15) is 65.7 Å². The SMILES string of the molecule is CCCCC(CC)COCC(O)CNC1CC1CCC. The number of rotatable bonds is 13. The standard InChI is InChI=1S/C17H35NO2/c1-4-7-9-14(6-3)12-20-13-16(19)11-18-17-10-15(17)8-5-2/h14-19H,4-13H2,1-3H3. The summed E-state index contributed by atoms with van der Waals surface area (Å²) in [5.74, 6) is 1.51. The largest absolute Gasteiger partial charge is 0.389 e. The van der Waals surface area contributed by atoms with Crippen LogP contribution >= 0.6 is 0 Å². The Balaban J connectivity index is 1.98. The van der Waals surface area contributed by atoms with E-state index in [2.05, 4.69) is 26.1 Å². The fraction of sp³-hybridized carbons (Fsp3) is 1.00. The van der Waals surface area contributed by atoms with Crippen LogP contribution < -0.4 is 5.32 Å². The fourth-order valence-electron chi connectivity index (χ4n) is 2.80. The molecular weight excluding hydrogens is 250 g/mol. The molecule has 0 aromatic heterocycles. The van der Waals surface area contributed by atoms with Crippen LogP contribution in [0.3, 0.4) is 0 Å². The molecule has 120 valence electrons. The van der Waals surface area contributed by atoms with E-state index in [-0.39, 0.29) is 6.10 Å². The highest BCUT2D eigenvalue weighted by atomic mass is 16.5. The van der Waals surface area contributed by atoms with Gasteiger partial charge in [0.2, 0.25) is 0 Å². The molecule has 4 unspecified atom stereocenters. The van der Waals surface area contributed by atoms with Crippen molar-refractivity contribution in [3.8, 4) is 0 Å². The summed E-state index contributed by atoms with van der Waals surface area (Å²) in [6.07, 6.45) is 8.48. The molecule has 1 aliphatic rings. The van der Waals surface area contributed by atoms with Crippen LogP contribution in [-0.4, -0.2) is 37.0 Å². The van der Waals surface area contributed by atoms with Gasteiger partial charge >= 0.3 is 0 Å². The minimum absolute atomic E-state index is 0.360. The van der Waals surface area contributed by atoms with E-state index in [1.807, 2.05) is 0 Å². The van der Waals surface area contributed by atoms with Crippen molar-refractivity contribution in [2.75, 3.05) is 19.8 Å². The van der Waals surface area contributed by atoms with Crippen molar-refractivity contribution in [1.82, 2.24) is 5.32 Å². The van der Waals surface area contributed by atoms with Crippen molar-refractivity contribution < 1.29 is 9.84 Å². The molecule has 0 radical (unpaired) electrons. The Labute approximate surface area is 125 Å². The van der Waals surface area contributed by atoms with Crippen LogP contribution in [0.4, 0.5) is 0 Å².